The lowest BCUT2D eigenvalue weighted by molar-refractivity contribution is 0.0950. The summed E-state index contributed by atoms with van der Waals surface area (Å²) >= 11 is 0. The molecule has 1 aliphatic rings. The number of nitrogens with zero attached hydrogens (tertiary/aromatic N) is 2. The highest BCUT2D eigenvalue weighted by molar-refractivity contribution is 5.94. The molecule has 2 aromatic carbocycles. The third-order valence-electron chi connectivity index (χ3n) is 5.71. The second kappa shape index (κ2) is 7.30. The SMILES string of the molecule is CC(C)(C)n1ccc(C(=O)NCc2nc3ccc(-c4ccc5c(c4)OCC5)cc3[nH]2)c1. The number of nitrogens with one attached hydrogen (secondary N) is 2. The number of amides is 1. The Hall–Kier alpha value is -3.54. The van der Waals surface area contributed by atoms with Gasteiger partial charge >= 0.3 is 0 Å². The molecule has 1 amide bonds. The number of carbonyl (C=O) groups excluding carboxylic acids is 1. The summed E-state index contributed by atoms with van der Waals surface area (Å²) in [6.07, 6.45) is 4.79. The van der Waals surface area contributed by atoms with E-state index < -0.39 is 0 Å². The van der Waals surface area contributed by atoms with Gasteiger partial charge in [-0.3, -0.25) is 4.79 Å². The maximum absolute atomic E-state index is 12.5. The van der Waals surface area contributed by atoms with Crippen molar-refractivity contribution >= 4 is 16.9 Å². The Morgan fingerprint density at radius 2 is 1.97 bits per heavy atom. The molecule has 2 N–H and O–H groups in total. The van der Waals surface area contributed by atoms with E-state index in [1.54, 1.807) is 0 Å². The first-order valence-electron chi connectivity index (χ1n) is 10.6. The Morgan fingerprint density at radius 1 is 1.16 bits per heavy atom. The molecule has 0 saturated heterocycles. The van der Waals surface area contributed by atoms with Crippen molar-refractivity contribution in [2.24, 2.45) is 0 Å². The van der Waals surface area contributed by atoms with Crippen LogP contribution in [0.3, 0.4) is 0 Å². The lowest BCUT2D eigenvalue weighted by Crippen LogP contribution is -2.24. The third-order valence-corrected chi connectivity index (χ3v) is 5.71. The molecule has 158 valence electrons. The van der Waals surface area contributed by atoms with E-state index in [0.29, 0.717) is 12.1 Å². The van der Waals surface area contributed by atoms with Crippen LogP contribution in [0.25, 0.3) is 22.2 Å². The largest absolute Gasteiger partial charge is 0.493 e. The first-order valence-corrected chi connectivity index (χ1v) is 10.6. The van der Waals surface area contributed by atoms with Crippen molar-refractivity contribution in [3.05, 3.63) is 71.8 Å². The lowest BCUT2D eigenvalue weighted by atomic mass is 10.0. The minimum Gasteiger partial charge on any atom is -0.493 e. The second-order valence-electron chi connectivity index (χ2n) is 9.00. The molecule has 4 aromatic rings. The zero-order chi connectivity index (χ0) is 21.6. The van der Waals surface area contributed by atoms with Crippen LogP contribution < -0.4 is 10.1 Å². The van der Waals surface area contributed by atoms with Crippen molar-refractivity contribution < 1.29 is 9.53 Å². The molecule has 3 heterocycles. The minimum absolute atomic E-state index is 0.0556. The Morgan fingerprint density at radius 3 is 2.77 bits per heavy atom. The van der Waals surface area contributed by atoms with Crippen molar-refractivity contribution in [1.29, 1.82) is 0 Å². The molecule has 31 heavy (non-hydrogen) atoms. The van der Waals surface area contributed by atoms with E-state index in [0.717, 1.165) is 46.8 Å². The van der Waals surface area contributed by atoms with E-state index >= 15 is 0 Å². The van der Waals surface area contributed by atoms with Gasteiger partial charge in [-0.15, -0.1) is 0 Å². The van der Waals surface area contributed by atoms with Crippen LogP contribution in [-0.4, -0.2) is 27.0 Å². The van der Waals surface area contributed by atoms with Crippen LogP contribution in [0, 0.1) is 0 Å². The van der Waals surface area contributed by atoms with E-state index in [4.69, 9.17) is 4.74 Å². The number of imidazole rings is 1. The van der Waals surface area contributed by atoms with E-state index in [9.17, 15) is 4.79 Å². The topological polar surface area (TPSA) is 71.9 Å². The van der Waals surface area contributed by atoms with E-state index in [-0.39, 0.29) is 11.4 Å². The Balaban J connectivity index is 1.31. The summed E-state index contributed by atoms with van der Waals surface area (Å²) in [7, 11) is 0. The summed E-state index contributed by atoms with van der Waals surface area (Å²) in [6, 6.07) is 14.4. The number of H-pyrrole nitrogens is 1. The number of rotatable bonds is 4. The van der Waals surface area contributed by atoms with E-state index in [1.807, 2.05) is 29.1 Å². The summed E-state index contributed by atoms with van der Waals surface area (Å²) < 4.78 is 7.74. The fourth-order valence-electron chi connectivity index (χ4n) is 3.89. The number of aromatic nitrogens is 3. The monoisotopic (exact) mass is 414 g/mol. The molecule has 0 fully saturated rings. The molecule has 0 saturated carbocycles. The van der Waals surface area contributed by atoms with Crippen molar-refractivity contribution in [1.82, 2.24) is 19.9 Å². The van der Waals surface area contributed by atoms with Gasteiger partial charge in [0.05, 0.1) is 29.7 Å². The Labute approximate surface area is 181 Å². The molecule has 0 bridgehead atoms. The summed E-state index contributed by atoms with van der Waals surface area (Å²) in [5.41, 5.74) is 5.91. The van der Waals surface area contributed by atoms with Gasteiger partial charge in [0, 0.05) is 24.4 Å². The summed E-state index contributed by atoms with van der Waals surface area (Å²) in [6.45, 7) is 7.41. The van der Waals surface area contributed by atoms with E-state index in [1.165, 1.54) is 5.56 Å². The molecule has 6 heteroatoms. The first kappa shape index (κ1) is 19.4. The highest BCUT2D eigenvalue weighted by Gasteiger charge is 2.16. The van der Waals surface area contributed by atoms with Crippen LogP contribution in [0.15, 0.2) is 54.9 Å². The average molecular weight is 415 g/mol. The van der Waals surface area contributed by atoms with Crippen LogP contribution in [-0.2, 0) is 18.5 Å². The van der Waals surface area contributed by atoms with Crippen molar-refractivity contribution in [2.75, 3.05) is 6.61 Å². The number of hydrogen-bond acceptors (Lipinski definition) is 3. The zero-order valence-electron chi connectivity index (χ0n) is 18.0. The number of aromatic amines is 1. The molecule has 0 unspecified atom stereocenters. The predicted octanol–water partition coefficient (Wildman–Crippen LogP) is 4.65. The predicted molar refractivity (Wildman–Crippen MR) is 121 cm³/mol. The third kappa shape index (κ3) is 3.81. The molecule has 0 aliphatic carbocycles. The molecule has 0 radical (unpaired) electrons. The summed E-state index contributed by atoms with van der Waals surface area (Å²) in [5.74, 6) is 1.60. The number of benzene rings is 2. The molecule has 5 rings (SSSR count). The lowest BCUT2D eigenvalue weighted by Gasteiger charge is -2.20. The standard InChI is InChI=1S/C25H26N4O2/c1-25(2,3)29-10-8-19(15-29)24(30)26-14-23-27-20-7-6-17(12-21(20)28-23)18-5-4-16-9-11-31-22(16)13-18/h4-8,10,12-13,15H,9,11,14H2,1-3H3,(H,26,30)(H,27,28). The van der Waals surface area contributed by atoms with Gasteiger partial charge in [-0.25, -0.2) is 4.98 Å². The zero-order valence-corrected chi connectivity index (χ0v) is 18.0. The van der Waals surface area contributed by atoms with Crippen LogP contribution in [0.5, 0.6) is 5.75 Å². The molecule has 2 aromatic heterocycles. The fourth-order valence-corrected chi connectivity index (χ4v) is 3.89. The highest BCUT2D eigenvalue weighted by Crippen LogP contribution is 2.32. The van der Waals surface area contributed by atoms with Gasteiger partial charge in [-0.1, -0.05) is 18.2 Å². The first-order chi connectivity index (χ1) is 14.9. The maximum Gasteiger partial charge on any atom is 0.253 e. The molecular weight excluding hydrogens is 388 g/mol. The normalized spacial score (nSPS) is 13.3. The second-order valence-corrected chi connectivity index (χ2v) is 9.00. The van der Waals surface area contributed by atoms with Gasteiger partial charge in [0.25, 0.3) is 5.91 Å². The smallest absolute Gasteiger partial charge is 0.253 e. The Bertz CT molecular complexity index is 1280. The molecule has 1 aliphatic heterocycles. The summed E-state index contributed by atoms with van der Waals surface area (Å²) in [4.78, 5) is 20.5. The maximum atomic E-state index is 12.5. The van der Waals surface area contributed by atoms with Crippen molar-refractivity contribution in [3.8, 4) is 16.9 Å². The van der Waals surface area contributed by atoms with Gasteiger partial charge in [-0.05, 0) is 61.7 Å². The quantitative estimate of drug-likeness (QED) is 0.511. The minimum atomic E-state index is -0.109. The van der Waals surface area contributed by atoms with Crippen LogP contribution in [0.1, 0.15) is 42.5 Å². The highest BCUT2D eigenvalue weighted by atomic mass is 16.5. The van der Waals surface area contributed by atoms with E-state index in [2.05, 4.69) is 66.4 Å². The number of ether oxygens (including phenoxy) is 1. The number of fused-ring (bicyclic) bond motifs is 2. The Kier molecular flexibility index (Phi) is 4.58. The fraction of sp³-hybridized carbons (Fsp3) is 0.280. The molecule has 6 nitrogen and oxygen atoms in total. The summed E-state index contributed by atoms with van der Waals surface area (Å²) in [5, 5.41) is 2.95. The average Bonchev–Trinajstić information content (AvgIpc) is 3.49. The van der Waals surface area contributed by atoms with Gasteiger partial charge < -0.3 is 19.6 Å². The van der Waals surface area contributed by atoms with Crippen molar-refractivity contribution in [2.45, 2.75) is 39.3 Å². The number of hydrogen-bond donors (Lipinski definition) is 2. The van der Waals surface area contributed by atoms with Gasteiger partial charge in [0.1, 0.15) is 11.6 Å². The van der Waals surface area contributed by atoms with Gasteiger partial charge in [-0.2, -0.15) is 0 Å². The molecule has 0 atom stereocenters. The molecular formula is C25H26N4O2. The van der Waals surface area contributed by atoms with Gasteiger partial charge in [0.15, 0.2) is 0 Å². The van der Waals surface area contributed by atoms with Crippen LogP contribution in [0.2, 0.25) is 0 Å². The number of carbonyl (C=O) groups is 1. The van der Waals surface area contributed by atoms with Crippen LogP contribution in [0.4, 0.5) is 0 Å². The van der Waals surface area contributed by atoms with Crippen molar-refractivity contribution in [3.63, 3.8) is 0 Å². The molecule has 0 spiro atoms. The van der Waals surface area contributed by atoms with Crippen LogP contribution >= 0.6 is 0 Å². The van der Waals surface area contributed by atoms with Gasteiger partial charge in [0.2, 0.25) is 0 Å².